The maximum Gasteiger partial charge on any atom is 0.338 e. The topological polar surface area (TPSA) is 38.8 Å². The second kappa shape index (κ2) is 7.46. The van der Waals surface area contributed by atoms with Crippen molar-refractivity contribution in [2.45, 2.75) is 31.8 Å². The largest absolute Gasteiger partial charge is 0.497 e. The zero-order valence-corrected chi connectivity index (χ0v) is 13.2. The molecule has 21 heavy (non-hydrogen) atoms. The van der Waals surface area contributed by atoms with Crippen LogP contribution >= 0.6 is 0 Å². The van der Waals surface area contributed by atoms with Crippen LogP contribution in [0.2, 0.25) is 0 Å². The molecule has 1 aromatic rings. The summed E-state index contributed by atoms with van der Waals surface area (Å²) >= 11 is 0. The number of esters is 1. The molecule has 1 saturated carbocycles. The molecule has 0 unspecified atom stereocenters. The van der Waals surface area contributed by atoms with Gasteiger partial charge in [0.25, 0.3) is 0 Å². The minimum Gasteiger partial charge on any atom is -0.497 e. The molecule has 0 radical (unpaired) electrons. The molecular weight excluding hydrogens is 266 g/mol. The predicted octanol–water partition coefficient (Wildman–Crippen LogP) is 2.97. The number of nitrogens with zero attached hydrogens (tertiary/aromatic N) is 1. The molecule has 0 amide bonds. The minimum atomic E-state index is -0.228. The quantitative estimate of drug-likeness (QED) is 0.782. The van der Waals surface area contributed by atoms with Gasteiger partial charge < -0.3 is 14.4 Å². The van der Waals surface area contributed by atoms with E-state index in [1.807, 2.05) is 0 Å². The summed E-state index contributed by atoms with van der Waals surface area (Å²) in [5, 5.41) is 0. The standard InChI is InChI=1S/C17H25NO3/c1-18(2)12-14-6-4-5-7-16(14)21-17(19)13-8-10-15(20-3)11-9-13/h8-11,14,16H,4-7,12H2,1-3H3/t14-,16+/m1/s1. The van der Waals surface area contributed by atoms with E-state index in [1.54, 1.807) is 31.4 Å². The van der Waals surface area contributed by atoms with Gasteiger partial charge in [-0.25, -0.2) is 4.79 Å². The Kier molecular flexibility index (Phi) is 5.62. The average Bonchev–Trinajstić information content (AvgIpc) is 2.49. The Morgan fingerprint density at radius 3 is 2.48 bits per heavy atom. The highest BCUT2D eigenvalue weighted by molar-refractivity contribution is 5.89. The summed E-state index contributed by atoms with van der Waals surface area (Å²) < 4.78 is 10.9. The second-order valence-electron chi connectivity index (χ2n) is 5.98. The molecule has 1 fully saturated rings. The van der Waals surface area contributed by atoms with Gasteiger partial charge in [0.15, 0.2) is 0 Å². The minimum absolute atomic E-state index is 0.0377. The van der Waals surface area contributed by atoms with Gasteiger partial charge in [-0.3, -0.25) is 0 Å². The maximum atomic E-state index is 12.3. The lowest BCUT2D eigenvalue weighted by atomic mass is 9.86. The molecule has 1 aliphatic carbocycles. The fraction of sp³-hybridized carbons (Fsp3) is 0.588. The molecule has 2 atom stereocenters. The molecule has 0 aliphatic heterocycles. The third-order valence-electron chi connectivity index (χ3n) is 4.02. The van der Waals surface area contributed by atoms with Crippen molar-refractivity contribution in [3.8, 4) is 5.75 Å². The smallest absolute Gasteiger partial charge is 0.338 e. The Morgan fingerprint density at radius 2 is 1.86 bits per heavy atom. The average molecular weight is 291 g/mol. The van der Waals surface area contributed by atoms with Crippen molar-refractivity contribution in [2.75, 3.05) is 27.7 Å². The lowest BCUT2D eigenvalue weighted by Gasteiger charge is -2.32. The fourth-order valence-corrected chi connectivity index (χ4v) is 2.94. The Balaban J connectivity index is 1.98. The Morgan fingerprint density at radius 1 is 1.19 bits per heavy atom. The molecule has 0 spiro atoms. The second-order valence-corrected chi connectivity index (χ2v) is 5.98. The molecule has 0 heterocycles. The Bertz CT molecular complexity index is 456. The predicted molar refractivity (Wildman–Crippen MR) is 82.7 cm³/mol. The van der Waals surface area contributed by atoms with Crippen LogP contribution in [0.25, 0.3) is 0 Å². The van der Waals surface area contributed by atoms with Crippen LogP contribution in [0.4, 0.5) is 0 Å². The van der Waals surface area contributed by atoms with Gasteiger partial charge in [-0.1, -0.05) is 6.42 Å². The number of hydrogen-bond acceptors (Lipinski definition) is 4. The summed E-state index contributed by atoms with van der Waals surface area (Å²) in [7, 11) is 5.75. The Labute approximate surface area is 127 Å². The van der Waals surface area contributed by atoms with Gasteiger partial charge in [0.1, 0.15) is 11.9 Å². The van der Waals surface area contributed by atoms with E-state index in [9.17, 15) is 4.79 Å². The van der Waals surface area contributed by atoms with Gasteiger partial charge in [0.2, 0.25) is 0 Å². The van der Waals surface area contributed by atoms with Crippen molar-refractivity contribution in [1.29, 1.82) is 0 Å². The van der Waals surface area contributed by atoms with Crippen molar-refractivity contribution in [1.82, 2.24) is 4.90 Å². The molecule has 116 valence electrons. The maximum absolute atomic E-state index is 12.3. The molecule has 4 heteroatoms. The third kappa shape index (κ3) is 4.46. The molecule has 4 nitrogen and oxygen atoms in total. The Hall–Kier alpha value is -1.55. The van der Waals surface area contributed by atoms with Crippen LogP contribution in [0.5, 0.6) is 5.75 Å². The van der Waals surface area contributed by atoms with Crippen LogP contribution < -0.4 is 4.74 Å². The first-order valence-corrected chi connectivity index (χ1v) is 7.60. The SMILES string of the molecule is COc1ccc(C(=O)O[C@H]2CCCC[C@@H]2CN(C)C)cc1. The summed E-state index contributed by atoms with van der Waals surface area (Å²) in [4.78, 5) is 14.4. The van der Waals surface area contributed by atoms with Crippen molar-refractivity contribution >= 4 is 5.97 Å². The highest BCUT2D eigenvalue weighted by Gasteiger charge is 2.29. The van der Waals surface area contributed by atoms with E-state index in [0.29, 0.717) is 11.5 Å². The first-order valence-electron chi connectivity index (χ1n) is 7.60. The molecule has 0 bridgehead atoms. The molecule has 0 aromatic heterocycles. The van der Waals surface area contributed by atoms with Crippen molar-refractivity contribution in [3.63, 3.8) is 0 Å². The number of rotatable bonds is 5. The van der Waals surface area contributed by atoms with E-state index in [0.717, 1.165) is 31.6 Å². The fourth-order valence-electron chi connectivity index (χ4n) is 2.94. The van der Waals surface area contributed by atoms with E-state index in [2.05, 4.69) is 19.0 Å². The van der Waals surface area contributed by atoms with Crippen molar-refractivity contribution in [3.05, 3.63) is 29.8 Å². The first-order chi connectivity index (χ1) is 10.1. The van der Waals surface area contributed by atoms with Crippen LogP contribution in [0.15, 0.2) is 24.3 Å². The van der Waals surface area contributed by atoms with Crippen LogP contribution in [0, 0.1) is 5.92 Å². The first kappa shape index (κ1) is 15.8. The molecule has 1 aromatic carbocycles. The van der Waals surface area contributed by atoms with Gasteiger partial charge in [-0.2, -0.15) is 0 Å². The van der Waals surface area contributed by atoms with Gasteiger partial charge in [0.05, 0.1) is 12.7 Å². The molecule has 0 N–H and O–H groups in total. The van der Waals surface area contributed by atoms with Gasteiger partial charge >= 0.3 is 5.97 Å². The highest BCUT2D eigenvalue weighted by Crippen LogP contribution is 2.28. The summed E-state index contributed by atoms with van der Waals surface area (Å²) in [6, 6.07) is 7.08. The van der Waals surface area contributed by atoms with E-state index in [4.69, 9.17) is 9.47 Å². The number of hydrogen-bond donors (Lipinski definition) is 0. The van der Waals surface area contributed by atoms with E-state index in [1.165, 1.54) is 6.42 Å². The normalized spacial score (nSPS) is 22.1. The zero-order valence-electron chi connectivity index (χ0n) is 13.2. The third-order valence-corrected chi connectivity index (χ3v) is 4.02. The zero-order chi connectivity index (χ0) is 15.2. The molecule has 0 saturated heterocycles. The van der Waals surface area contributed by atoms with E-state index in [-0.39, 0.29) is 12.1 Å². The number of methoxy groups -OCH3 is 1. The van der Waals surface area contributed by atoms with Crippen molar-refractivity contribution in [2.24, 2.45) is 5.92 Å². The van der Waals surface area contributed by atoms with Crippen LogP contribution in [0.3, 0.4) is 0 Å². The van der Waals surface area contributed by atoms with Gasteiger partial charge in [-0.15, -0.1) is 0 Å². The number of carbonyl (C=O) groups excluding carboxylic acids is 1. The van der Waals surface area contributed by atoms with E-state index < -0.39 is 0 Å². The molecule has 2 rings (SSSR count). The number of ether oxygens (including phenoxy) is 2. The van der Waals surface area contributed by atoms with Crippen LogP contribution in [0.1, 0.15) is 36.0 Å². The lowest BCUT2D eigenvalue weighted by Crippen LogP contribution is -2.36. The summed E-state index contributed by atoms with van der Waals surface area (Å²) in [6.45, 7) is 0.973. The summed E-state index contributed by atoms with van der Waals surface area (Å²) in [5.74, 6) is 0.957. The summed E-state index contributed by atoms with van der Waals surface area (Å²) in [6.07, 6.45) is 4.52. The highest BCUT2D eigenvalue weighted by atomic mass is 16.5. The number of benzene rings is 1. The molecule has 1 aliphatic rings. The van der Waals surface area contributed by atoms with Gasteiger partial charge in [0, 0.05) is 12.5 Å². The van der Waals surface area contributed by atoms with Gasteiger partial charge in [-0.05, 0) is 57.6 Å². The number of carbonyl (C=O) groups is 1. The van der Waals surface area contributed by atoms with Crippen LogP contribution in [-0.2, 0) is 4.74 Å². The van der Waals surface area contributed by atoms with Crippen LogP contribution in [-0.4, -0.2) is 44.7 Å². The lowest BCUT2D eigenvalue weighted by molar-refractivity contribution is -0.00324. The van der Waals surface area contributed by atoms with Crippen molar-refractivity contribution < 1.29 is 14.3 Å². The van der Waals surface area contributed by atoms with E-state index >= 15 is 0 Å². The monoisotopic (exact) mass is 291 g/mol. The molecular formula is C17H25NO3. The summed E-state index contributed by atoms with van der Waals surface area (Å²) in [5.41, 5.74) is 0.588.